The number of nitrogens with zero attached hydrogens (tertiary/aromatic N) is 2. The summed E-state index contributed by atoms with van der Waals surface area (Å²) in [5.41, 5.74) is 0. The van der Waals surface area contributed by atoms with Crippen molar-refractivity contribution in [3.8, 4) is 0 Å². The van der Waals surface area contributed by atoms with Gasteiger partial charge in [-0.3, -0.25) is 14.5 Å². The van der Waals surface area contributed by atoms with Crippen molar-refractivity contribution in [2.45, 2.75) is 6.92 Å². The van der Waals surface area contributed by atoms with E-state index in [4.69, 9.17) is 5.11 Å². The Hall–Kier alpha value is -1.10. The van der Waals surface area contributed by atoms with Gasteiger partial charge in [-0.05, 0) is 7.05 Å². The van der Waals surface area contributed by atoms with Crippen LogP contribution >= 0.6 is 0 Å². The van der Waals surface area contributed by atoms with Gasteiger partial charge in [-0.2, -0.15) is 0 Å². The normalized spacial score (nSPS) is 16.9. The minimum Gasteiger partial charge on any atom is -0.480 e. The topological polar surface area (TPSA) is 60.9 Å². The third-order valence-corrected chi connectivity index (χ3v) is 2.38. The Kier molecular flexibility index (Phi) is 3.46. The summed E-state index contributed by atoms with van der Waals surface area (Å²) in [5.74, 6) is -0.277. The quantitative estimate of drug-likeness (QED) is 0.663. The summed E-state index contributed by atoms with van der Waals surface area (Å²) in [6, 6.07) is 0. The molecule has 1 N–H and O–H groups in total. The van der Waals surface area contributed by atoms with Crippen molar-refractivity contribution in [2.24, 2.45) is 5.92 Å². The monoisotopic (exact) mass is 200 g/mol. The van der Waals surface area contributed by atoms with Crippen LogP contribution in [0, 0.1) is 5.92 Å². The Bertz CT molecular complexity index is 236. The van der Waals surface area contributed by atoms with Crippen molar-refractivity contribution >= 4 is 11.9 Å². The van der Waals surface area contributed by atoms with E-state index < -0.39 is 5.97 Å². The van der Waals surface area contributed by atoms with E-state index in [9.17, 15) is 9.59 Å². The first-order chi connectivity index (χ1) is 6.49. The van der Waals surface area contributed by atoms with Gasteiger partial charge in [-0.25, -0.2) is 0 Å². The summed E-state index contributed by atoms with van der Waals surface area (Å²) in [4.78, 5) is 24.7. The molecule has 5 nitrogen and oxygen atoms in total. The van der Waals surface area contributed by atoms with E-state index in [1.807, 2.05) is 0 Å². The fraction of sp³-hybridized carbons (Fsp3) is 0.778. The molecule has 0 aromatic heterocycles. The largest absolute Gasteiger partial charge is 0.480 e. The first-order valence-electron chi connectivity index (χ1n) is 4.65. The lowest BCUT2D eigenvalue weighted by molar-refractivity contribution is -0.140. The van der Waals surface area contributed by atoms with Crippen molar-refractivity contribution in [2.75, 3.05) is 33.2 Å². The van der Waals surface area contributed by atoms with E-state index in [0.717, 1.165) is 19.6 Å². The molecule has 1 fully saturated rings. The van der Waals surface area contributed by atoms with E-state index in [2.05, 4.69) is 0 Å². The third kappa shape index (κ3) is 2.99. The Morgan fingerprint density at radius 2 is 2.07 bits per heavy atom. The second-order valence-corrected chi connectivity index (χ2v) is 3.88. The highest BCUT2D eigenvalue weighted by molar-refractivity contribution is 5.74. The summed E-state index contributed by atoms with van der Waals surface area (Å²) in [6.07, 6.45) is 0. The number of amides is 1. The minimum absolute atomic E-state index is 0.0660. The van der Waals surface area contributed by atoms with Crippen LogP contribution in [0.2, 0.25) is 0 Å². The smallest absolute Gasteiger partial charge is 0.317 e. The zero-order valence-electron chi connectivity index (χ0n) is 8.56. The van der Waals surface area contributed by atoms with Crippen LogP contribution in [-0.2, 0) is 9.59 Å². The predicted molar refractivity (Wildman–Crippen MR) is 50.9 cm³/mol. The highest BCUT2D eigenvalue weighted by Crippen LogP contribution is 2.15. The number of carbonyl (C=O) groups excluding carboxylic acids is 1. The number of hydrogen-bond donors (Lipinski definition) is 1. The molecular formula is C9H16N2O3. The molecule has 0 unspecified atom stereocenters. The standard InChI is InChI=1S/C9H16N2O3/c1-7(12)11-4-8(5-11)3-10(2)6-9(13)14/h8H,3-6H2,1-2H3,(H,13,14). The van der Waals surface area contributed by atoms with Gasteiger partial charge in [-0.15, -0.1) is 0 Å². The number of carboxylic acids is 1. The Balaban J connectivity index is 2.16. The molecule has 0 aromatic rings. The van der Waals surface area contributed by atoms with Gasteiger partial charge in [0, 0.05) is 32.5 Å². The van der Waals surface area contributed by atoms with Gasteiger partial charge < -0.3 is 10.0 Å². The van der Waals surface area contributed by atoms with Crippen molar-refractivity contribution < 1.29 is 14.7 Å². The summed E-state index contributed by atoms with van der Waals surface area (Å²) >= 11 is 0. The van der Waals surface area contributed by atoms with Gasteiger partial charge in [0.1, 0.15) is 0 Å². The molecule has 1 amide bonds. The lowest BCUT2D eigenvalue weighted by atomic mass is 10.00. The molecule has 80 valence electrons. The maximum absolute atomic E-state index is 10.9. The van der Waals surface area contributed by atoms with Crippen molar-refractivity contribution in [1.29, 1.82) is 0 Å². The van der Waals surface area contributed by atoms with Gasteiger partial charge in [0.2, 0.25) is 5.91 Å². The van der Waals surface area contributed by atoms with E-state index in [0.29, 0.717) is 5.92 Å². The van der Waals surface area contributed by atoms with E-state index in [1.54, 1.807) is 23.8 Å². The van der Waals surface area contributed by atoms with Crippen molar-refractivity contribution in [1.82, 2.24) is 9.80 Å². The molecule has 1 saturated heterocycles. The average Bonchev–Trinajstić information content (AvgIpc) is 1.93. The number of hydrogen-bond acceptors (Lipinski definition) is 3. The van der Waals surface area contributed by atoms with Crippen LogP contribution in [0.15, 0.2) is 0 Å². The number of rotatable bonds is 4. The Labute approximate surface area is 83.3 Å². The maximum atomic E-state index is 10.9. The van der Waals surface area contributed by atoms with Gasteiger partial charge in [0.05, 0.1) is 6.54 Å². The highest BCUT2D eigenvalue weighted by atomic mass is 16.4. The molecule has 0 spiro atoms. The lowest BCUT2D eigenvalue weighted by Gasteiger charge is -2.40. The predicted octanol–water partition coefficient (Wildman–Crippen LogP) is -0.519. The second-order valence-electron chi connectivity index (χ2n) is 3.88. The third-order valence-electron chi connectivity index (χ3n) is 2.38. The molecule has 0 aliphatic carbocycles. The van der Waals surface area contributed by atoms with E-state index in [-0.39, 0.29) is 12.5 Å². The van der Waals surface area contributed by atoms with E-state index in [1.165, 1.54) is 0 Å². The zero-order chi connectivity index (χ0) is 10.7. The van der Waals surface area contributed by atoms with Crippen LogP contribution in [0.4, 0.5) is 0 Å². The summed E-state index contributed by atoms with van der Waals surface area (Å²) < 4.78 is 0. The van der Waals surface area contributed by atoms with E-state index >= 15 is 0 Å². The van der Waals surface area contributed by atoms with Crippen molar-refractivity contribution in [3.63, 3.8) is 0 Å². The van der Waals surface area contributed by atoms with Crippen molar-refractivity contribution in [3.05, 3.63) is 0 Å². The first kappa shape index (κ1) is 11.0. The molecule has 1 aliphatic heterocycles. The second kappa shape index (κ2) is 4.41. The van der Waals surface area contributed by atoms with Gasteiger partial charge >= 0.3 is 5.97 Å². The SMILES string of the molecule is CC(=O)N1CC(CN(C)CC(=O)O)C1. The van der Waals surface area contributed by atoms with Crippen LogP contribution in [0.25, 0.3) is 0 Å². The molecule has 0 saturated carbocycles. The van der Waals surface area contributed by atoms with Gasteiger partial charge in [0.25, 0.3) is 0 Å². The minimum atomic E-state index is -0.810. The molecule has 1 aliphatic rings. The average molecular weight is 200 g/mol. The zero-order valence-corrected chi connectivity index (χ0v) is 8.56. The lowest BCUT2D eigenvalue weighted by Crippen LogP contribution is -2.53. The Morgan fingerprint density at radius 3 is 2.50 bits per heavy atom. The fourth-order valence-electron chi connectivity index (χ4n) is 1.68. The van der Waals surface area contributed by atoms with Crippen LogP contribution < -0.4 is 0 Å². The molecule has 0 atom stereocenters. The molecular weight excluding hydrogens is 184 g/mol. The molecule has 0 radical (unpaired) electrons. The number of likely N-dealkylation sites (N-methyl/N-ethyl adjacent to an activating group) is 1. The van der Waals surface area contributed by atoms with Crippen LogP contribution in [0.5, 0.6) is 0 Å². The highest BCUT2D eigenvalue weighted by Gasteiger charge is 2.29. The fourth-order valence-corrected chi connectivity index (χ4v) is 1.68. The van der Waals surface area contributed by atoms with Crippen LogP contribution in [0.1, 0.15) is 6.92 Å². The van der Waals surface area contributed by atoms with Crippen LogP contribution in [0.3, 0.4) is 0 Å². The molecule has 14 heavy (non-hydrogen) atoms. The number of carbonyl (C=O) groups is 2. The van der Waals surface area contributed by atoms with Crippen LogP contribution in [-0.4, -0.2) is 60.0 Å². The number of carboxylic acid groups (broad SMARTS) is 1. The molecule has 1 heterocycles. The molecule has 0 bridgehead atoms. The number of likely N-dealkylation sites (tertiary alicyclic amines) is 1. The summed E-state index contributed by atoms with van der Waals surface area (Å²) in [5, 5.41) is 8.52. The Morgan fingerprint density at radius 1 is 1.50 bits per heavy atom. The molecule has 5 heteroatoms. The first-order valence-corrected chi connectivity index (χ1v) is 4.65. The summed E-state index contributed by atoms with van der Waals surface area (Å²) in [6.45, 7) is 3.89. The van der Waals surface area contributed by atoms with Gasteiger partial charge in [0.15, 0.2) is 0 Å². The molecule has 0 aromatic carbocycles. The molecule has 1 rings (SSSR count). The number of aliphatic carboxylic acids is 1. The van der Waals surface area contributed by atoms with Gasteiger partial charge in [-0.1, -0.05) is 0 Å². The maximum Gasteiger partial charge on any atom is 0.317 e. The summed E-state index contributed by atoms with van der Waals surface area (Å²) in [7, 11) is 1.78.